The Kier molecular flexibility index (Phi) is 6.42. The van der Waals surface area contributed by atoms with E-state index in [0.29, 0.717) is 12.0 Å². The lowest BCUT2D eigenvalue weighted by Gasteiger charge is -2.28. The second kappa shape index (κ2) is 7.58. The van der Waals surface area contributed by atoms with Crippen molar-refractivity contribution in [1.29, 1.82) is 0 Å². The molecule has 1 aromatic rings. The van der Waals surface area contributed by atoms with E-state index in [0.717, 1.165) is 5.92 Å². The maximum Gasteiger partial charge on any atom is 0.00355 e. The van der Waals surface area contributed by atoms with E-state index in [4.69, 9.17) is 0 Å². The van der Waals surface area contributed by atoms with Gasteiger partial charge in [-0.3, -0.25) is 0 Å². The van der Waals surface area contributed by atoms with Gasteiger partial charge in [-0.15, -0.1) is 0 Å². The van der Waals surface area contributed by atoms with Gasteiger partial charge < -0.3 is 4.90 Å². The minimum absolute atomic E-state index is 0.637. The van der Waals surface area contributed by atoms with E-state index in [1.807, 2.05) is 0 Å². The van der Waals surface area contributed by atoms with Gasteiger partial charge in [0.1, 0.15) is 0 Å². The third kappa shape index (κ3) is 4.45. The first-order valence-electron chi connectivity index (χ1n) is 7.31. The lowest BCUT2D eigenvalue weighted by molar-refractivity contribution is 0.250. The van der Waals surface area contributed by atoms with E-state index in [1.165, 1.54) is 24.9 Å². The molecule has 0 heterocycles. The lowest BCUT2D eigenvalue weighted by Crippen LogP contribution is -2.29. The molecule has 0 saturated carbocycles. The summed E-state index contributed by atoms with van der Waals surface area (Å²) in [6.45, 7) is 10.4. The highest BCUT2D eigenvalue weighted by Crippen LogP contribution is 2.30. The van der Waals surface area contributed by atoms with E-state index in [1.54, 1.807) is 0 Å². The van der Waals surface area contributed by atoms with E-state index in [2.05, 4.69) is 70.0 Å². The number of benzene rings is 1. The zero-order chi connectivity index (χ0) is 13.5. The van der Waals surface area contributed by atoms with Crippen molar-refractivity contribution in [2.45, 2.75) is 52.5 Å². The minimum Gasteiger partial charge on any atom is -0.304 e. The van der Waals surface area contributed by atoms with E-state index in [9.17, 15) is 0 Å². The van der Waals surface area contributed by atoms with Crippen LogP contribution >= 0.6 is 0 Å². The molecular weight excluding hydrogens is 218 g/mol. The molecule has 1 nitrogen and oxygen atoms in total. The number of rotatable bonds is 7. The lowest BCUT2D eigenvalue weighted by atomic mass is 9.83. The molecule has 1 rings (SSSR count). The van der Waals surface area contributed by atoms with Crippen molar-refractivity contribution >= 4 is 0 Å². The van der Waals surface area contributed by atoms with Crippen molar-refractivity contribution in [2.24, 2.45) is 5.92 Å². The standard InChI is InChI=1S/C17H29N/c1-6-15(4)17(12-13-18(5)14(2)3)16-10-8-7-9-11-16/h7-11,14-15,17H,6,12-13H2,1-5H3/t15?,17-/m0/s1. The number of hydrogen-bond donors (Lipinski definition) is 0. The molecule has 0 amide bonds. The third-order valence-corrected chi connectivity index (χ3v) is 4.23. The Hall–Kier alpha value is -0.820. The van der Waals surface area contributed by atoms with Crippen molar-refractivity contribution in [3.8, 4) is 0 Å². The molecule has 0 spiro atoms. The summed E-state index contributed by atoms with van der Waals surface area (Å²) >= 11 is 0. The van der Waals surface area contributed by atoms with Gasteiger partial charge in [0.2, 0.25) is 0 Å². The summed E-state index contributed by atoms with van der Waals surface area (Å²) in [5.74, 6) is 1.45. The zero-order valence-electron chi connectivity index (χ0n) is 12.7. The van der Waals surface area contributed by atoms with Crippen LogP contribution in [-0.4, -0.2) is 24.5 Å². The maximum absolute atomic E-state index is 2.44. The molecule has 0 aliphatic rings. The quantitative estimate of drug-likeness (QED) is 0.683. The Balaban J connectivity index is 2.68. The van der Waals surface area contributed by atoms with E-state index < -0.39 is 0 Å². The average molecular weight is 247 g/mol. The van der Waals surface area contributed by atoms with Crippen LogP contribution in [0.3, 0.4) is 0 Å². The van der Waals surface area contributed by atoms with Gasteiger partial charge in [-0.2, -0.15) is 0 Å². The molecule has 0 N–H and O–H groups in total. The molecule has 1 unspecified atom stereocenters. The highest BCUT2D eigenvalue weighted by molar-refractivity contribution is 5.20. The molecule has 0 radical (unpaired) electrons. The second-order valence-electron chi connectivity index (χ2n) is 5.77. The molecule has 0 aliphatic carbocycles. The predicted molar refractivity (Wildman–Crippen MR) is 81.0 cm³/mol. The second-order valence-corrected chi connectivity index (χ2v) is 5.77. The van der Waals surface area contributed by atoms with Gasteiger partial charge in [0.25, 0.3) is 0 Å². The first-order chi connectivity index (χ1) is 8.56. The van der Waals surface area contributed by atoms with Crippen molar-refractivity contribution < 1.29 is 0 Å². The Morgan fingerprint density at radius 2 is 1.67 bits per heavy atom. The fourth-order valence-electron chi connectivity index (χ4n) is 2.37. The molecule has 2 atom stereocenters. The zero-order valence-corrected chi connectivity index (χ0v) is 12.7. The summed E-state index contributed by atoms with van der Waals surface area (Å²) < 4.78 is 0. The molecule has 18 heavy (non-hydrogen) atoms. The fourth-order valence-corrected chi connectivity index (χ4v) is 2.37. The highest BCUT2D eigenvalue weighted by Gasteiger charge is 2.18. The van der Waals surface area contributed by atoms with Crippen LogP contribution in [0.15, 0.2) is 30.3 Å². The van der Waals surface area contributed by atoms with Gasteiger partial charge in [-0.05, 0) is 51.3 Å². The predicted octanol–water partition coefficient (Wildman–Crippen LogP) is 4.55. The Morgan fingerprint density at radius 1 is 1.06 bits per heavy atom. The molecule has 0 fully saturated rings. The van der Waals surface area contributed by atoms with Gasteiger partial charge >= 0.3 is 0 Å². The summed E-state index contributed by atoms with van der Waals surface area (Å²) in [5.41, 5.74) is 1.50. The van der Waals surface area contributed by atoms with Crippen LogP contribution in [-0.2, 0) is 0 Å². The highest BCUT2D eigenvalue weighted by atomic mass is 15.1. The topological polar surface area (TPSA) is 3.24 Å². The van der Waals surface area contributed by atoms with Crippen LogP contribution in [0.2, 0.25) is 0 Å². The maximum atomic E-state index is 2.44. The molecule has 102 valence electrons. The minimum atomic E-state index is 0.637. The average Bonchev–Trinajstić information content (AvgIpc) is 2.39. The number of hydrogen-bond acceptors (Lipinski definition) is 1. The SMILES string of the molecule is CCC(C)[C@H](CCN(C)C(C)C)c1ccccc1. The monoisotopic (exact) mass is 247 g/mol. The van der Waals surface area contributed by atoms with Gasteiger partial charge in [-0.25, -0.2) is 0 Å². The molecule has 1 heteroatoms. The van der Waals surface area contributed by atoms with Gasteiger partial charge in [0.05, 0.1) is 0 Å². The van der Waals surface area contributed by atoms with Crippen molar-refractivity contribution in [3.05, 3.63) is 35.9 Å². The van der Waals surface area contributed by atoms with Crippen LogP contribution < -0.4 is 0 Å². The van der Waals surface area contributed by atoms with Gasteiger partial charge in [0.15, 0.2) is 0 Å². The molecular formula is C17H29N. The van der Waals surface area contributed by atoms with E-state index >= 15 is 0 Å². The van der Waals surface area contributed by atoms with Gasteiger partial charge in [-0.1, -0.05) is 50.6 Å². The van der Waals surface area contributed by atoms with Crippen LogP contribution in [0.25, 0.3) is 0 Å². The molecule has 0 saturated heterocycles. The first kappa shape index (κ1) is 15.2. The molecule has 1 aromatic carbocycles. The molecule has 0 aromatic heterocycles. The smallest absolute Gasteiger partial charge is 0.00355 e. The normalized spacial score (nSPS) is 15.1. The molecule has 0 aliphatic heterocycles. The largest absolute Gasteiger partial charge is 0.304 e. The summed E-state index contributed by atoms with van der Waals surface area (Å²) in [6, 6.07) is 11.6. The van der Waals surface area contributed by atoms with Crippen LogP contribution in [0.1, 0.15) is 52.0 Å². The third-order valence-electron chi connectivity index (χ3n) is 4.23. The summed E-state index contributed by atoms with van der Waals surface area (Å²) in [4.78, 5) is 2.44. The van der Waals surface area contributed by atoms with E-state index in [-0.39, 0.29) is 0 Å². The summed E-state index contributed by atoms with van der Waals surface area (Å²) in [6.07, 6.45) is 2.51. The summed E-state index contributed by atoms with van der Waals surface area (Å²) in [5, 5.41) is 0. The van der Waals surface area contributed by atoms with Crippen molar-refractivity contribution in [2.75, 3.05) is 13.6 Å². The van der Waals surface area contributed by atoms with Gasteiger partial charge in [0, 0.05) is 6.04 Å². The first-order valence-corrected chi connectivity index (χ1v) is 7.31. The molecule has 0 bridgehead atoms. The number of nitrogens with zero attached hydrogens (tertiary/aromatic N) is 1. The Bertz CT molecular complexity index is 318. The van der Waals surface area contributed by atoms with Crippen molar-refractivity contribution in [1.82, 2.24) is 4.90 Å². The van der Waals surface area contributed by atoms with Crippen LogP contribution in [0.4, 0.5) is 0 Å². The fraction of sp³-hybridized carbons (Fsp3) is 0.647. The Morgan fingerprint density at radius 3 is 2.17 bits per heavy atom. The van der Waals surface area contributed by atoms with Crippen LogP contribution in [0.5, 0.6) is 0 Å². The van der Waals surface area contributed by atoms with Crippen molar-refractivity contribution in [3.63, 3.8) is 0 Å². The summed E-state index contributed by atoms with van der Waals surface area (Å²) in [7, 11) is 2.23. The van der Waals surface area contributed by atoms with Crippen LogP contribution in [0, 0.1) is 5.92 Å². The Labute approximate surface area is 113 Å².